The Labute approximate surface area is 169 Å². The van der Waals surface area contributed by atoms with E-state index in [9.17, 15) is 14.4 Å². The molecule has 0 atom stereocenters. The minimum absolute atomic E-state index is 0.173. The molecule has 3 N–H and O–H groups in total. The Morgan fingerprint density at radius 1 is 1.00 bits per heavy atom. The van der Waals surface area contributed by atoms with Crippen LogP contribution in [0.15, 0.2) is 74.6 Å². The molecule has 0 saturated heterocycles. The highest BCUT2D eigenvalue weighted by Crippen LogP contribution is 2.21. The molecule has 150 valence electrons. The second-order valence-corrected chi connectivity index (χ2v) is 6.44. The van der Waals surface area contributed by atoms with Gasteiger partial charge >= 0.3 is 5.76 Å². The number of hydrogen-bond donors (Lipinski definition) is 3. The van der Waals surface area contributed by atoms with Gasteiger partial charge in [0.05, 0.1) is 6.26 Å². The van der Waals surface area contributed by atoms with Crippen LogP contribution in [0.3, 0.4) is 0 Å². The Hall–Kier alpha value is -4.40. The number of anilines is 2. The quantitative estimate of drug-likeness (QED) is 0.467. The van der Waals surface area contributed by atoms with E-state index in [2.05, 4.69) is 25.3 Å². The molecule has 30 heavy (non-hydrogen) atoms. The Morgan fingerprint density at radius 3 is 2.60 bits per heavy atom. The van der Waals surface area contributed by atoms with Gasteiger partial charge in [0.1, 0.15) is 0 Å². The van der Waals surface area contributed by atoms with E-state index in [1.54, 1.807) is 54.6 Å². The molecule has 4 aromatic rings. The van der Waals surface area contributed by atoms with Gasteiger partial charge in [-0.1, -0.05) is 23.4 Å². The van der Waals surface area contributed by atoms with Gasteiger partial charge in [-0.3, -0.25) is 19.1 Å². The maximum atomic E-state index is 12.7. The third-order valence-electron chi connectivity index (χ3n) is 4.33. The van der Waals surface area contributed by atoms with Crippen molar-refractivity contribution in [1.82, 2.24) is 10.1 Å². The Morgan fingerprint density at radius 2 is 1.87 bits per heavy atom. The summed E-state index contributed by atoms with van der Waals surface area (Å²) < 4.78 is 9.59. The van der Waals surface area contributed by atoms with Crippen LogP contribution in [0.25, 0.3) is 11.4 Å². The van der Waals surface area contributed by atoms with E-state index < -0.39 is 11.7 Å². The van der Waals surface area contributed by atoms with Crippen LogP contribution >= 0.6 is 0 Å². The van der Waals surface area contributed by atoms with Crippen molar-refractivity contribution < 1.29 is 18.5 Å². The Bertz CT molecular complexity index is 1270. The zero-order valence-electron chi connectivity index (χ0n) is 15.8. The molecule has 9 nitrogen and oxygen atoms in total. The lowest BCUT2D eigenvalue weighted by Crippen LogP contribution is -2.15. The molecule has 4 rings (SSSR count). The monoisotopic (exact) mass is 404 g/mol. The van der Waals surface area contributed by atoms with Crippen molar-refractivity contribution in [2.24, 2.45) is 0 Å². The molecule has 0 spiro atoms. The molecule has 2 heterocycles. The van der Waals surface area contributed by atoms with Gasteiger partial charge in [0.25, 0.3) is 11.8 Å². The fourth-order valence-electron chi connectivity index (χ4n) is 2.79. The number of aromatic nitrogens is 2. The average molecular weight is 404 g/mol. The van der Waals surface area contributed by atoms with Gasteiger partial charge < -0.3 is 15.1 Å². The third kappa shape index (κ3) is 4.04. The van der Waals surface area contributed by atoms with E-state index in [1.165, 1.54) is 6.26 Å². The van der Waals surface area contributed by atoms with Gasteiger partial charge in [0.15, 0.2) is 11.6 Å². The van der Waals surface area contributed by atoms with Crippen molar-refractivity contribution in [2.75, 3.05) is 10.6 Å². The van der Waals surface area contributed by atoms with Gasteiger partial charge in [-0.15, -0.1) is 0 Å². The number of carbonyl (C=O) groups is 2. The molecule has 0 aliphatic heterocycles. The first-order valence-electron chi connectivity index (χ1n) is 8.93. The molecule has 0 saturated carbocycles. The number of benzene rings is 2. The minimum Gasteiger partial charge on any atom is -0.459 e. The van der Waals surface area contributed by atoms with Crippen LogP contribution in [-0.4, -0.2) is 22.0 Å². The van der Waals surface area contributed by atoms with E-state index in [4.69, 9.17) is 4.42 Å². The van der Waals surface area contributed by atoms with Gasteiger partial charge in [-0.25, -0.2) is 4.79 Å². The molecule has 2 aromatic heterocycles. The van der Waals surface area contributed by atoms with Crippen molar-refractivity contribution in [1.29, 1.82) is 0 Å². The van der Waals surface area contributed by atoms with Crippen molar-refractivity contribution >= 4 is 23.2 Å². The molecule has 0 radical (unpaired) electrons. The molecule has 0 unspecified atom stereocenters. The Balaban J connectivity index is 1.52. The number of amides is 2. The van der Waals surface area contributed by atoms with Gasteiger partial charge in [0, 0.05) is 22.5 Å². The predicted molar refractivity (Wildman–Crippen MR) is 108 cm³/mol. The lowest BCUT2D eigenvalue weighted by molar-refractivity contribution is 0.0993. The number of carbonyl (C=O) groups excluding carboxylic acids is 2. The van der Waals surface area contributed by atoms with Crippen LogP contribution in [-0.2, 0) is 0 Å². The number of aromatic amines is 1. The number of nitrogens with one attached hydrogen (secondary N) is 3. The number of aryl methyl sites for hydroxylation is 1. The fourth-order valence-corrected chi connectivity index (χ4v) is 2.79. The number of H-pyrrole nitrogens is 1. The molecule has 0 fully saturated rings. The third-order valence-corrected chi connectivity index (χ3v) is 4.33. The number of nitrogens with zero attached hydrogens (tertiary/aromatic N) is 1. The van der Waals surface area contributed by atoms with Crippen molar-refractivity contribution in [3.63, 3.8) is 0 Å². The summed E-state index contributed by atoms with van der Waals surface area (Å²) in [5.74, 6) is -1.01. The summed E-state index contributed by atoms with van der Waals surface area (Å²) in [5, 5.41) is 9.15. The SMILES string of the molecule is Cc1ccc(C(=O)Nc2cccc(-c3noc(=O)[nH]3)c2)cc1NC(=O)c1ccco1. The zero-order chi connectivity index (χ0) is 21.1. The van der Waals surface area contributed by atoms with Crippen molar-refractivity contribution in [3.05, 3.63) is 88.3 Å². The van der Waals surface area contributed by atoms with E-state index >= 15 is 0 Å². The smallest absolute Gasteiger partial charge is 0.439 e. The van der Waals surface area contributed by atoms with Crippen molar-refractivity contribution in [3.8, 4) is 11.4 Å². The van der Waals surface area contributed by atoms with Gasteiger partial charge in [0.2, 0.25) is 0 Å². The molecular formula is C21H16N4O5. The lowest BCUT2D eigenvalue weighted by Gasteiger charge is -2.11. The summed E-state index contributed by atoms with van der Waals surface area (Å²) in [6, 6.07) is 14.9. The van der Waals surface area contributed by atoms with Gasteiger partial charge in [-0.2, -0.15) is 0 Å². The highest BCUT2D eigenvalue weighted by molar-refractivity contribution is 6.07. The molecule has 9 heteroatoms. The minimum atomic E-state index is -0.664. The first-order valence-corrected chi connectivity index (χ1v) is 8.93. The second kappa shape index (κ2) is 7.92. The maximum absolute atomic E-state index is 12.7. The van der Waals surface area contributed by atoms with E-state index in [0.717, 1.165) is 5.56 Å². The number of furan rings is 1. The topological polar surface area (TPSA) is 130 Å². The second-order valence-electron chi connectivity index (χ2n) is 6.44. The first kappa shape index (κ1) is 18.9. The van der Waals surface area contributed by atoms with Crippen LogP contribution in [0, 0.1) is 6.92 Å². The number of rotatable bonds is 5. The molecule has 0 aliphatic rings. The van der Waals surface area contributed by atoms with E-state index in [-0.39, 0.29) is 17.5 Å². The van der Waals surface area contributed by atoms with Crippen molar-refractivity contribution in [2.45, 2.75) is 6.92 Å². The molecule has 2 amide bonds. The summed E-state index contributed by atoms with van der Waals surface area (Å²) in [5.41, 5.74) is 2.73. The summed E-state index contributed by atoms with van der Waals surface area (Å²) >= 11 is 0. The fraction of sp³-hybridized carbons (Fsp3) is 0.0476. The van der Waals surface area contributed by atoms with Crippen LogP contribution < -0.4 is 16.4 Å². The molecule has 2 aromatic carbocycles. The lowest BCUT2D eigenvalue weighted by atomic mass is 10.1. The summed E-state index contributed by atoms with van der Waals surface area (Å²) in [6.45, 7) is 1.82. The highest BCUT2D eigenvalue weighted by atomic mass is 16.5. The predicted octanol–water partition coefficient (Wildman–Crippen LogP) is 3.44. The highest BCUT2D eigenvalue weighted by Gasteiger charge is 2.14. The van der Waals surface area contributed by atoms with Gasteiger partial charge in [-0.05, 0) is 48.9 Å². The maximum Gasteiger partial charge on any atom is 0.439 e. The summed E-state index contributed by atoms with van der Waals surface area (Å²) in [4.78, 5) is 38.5. The van der Waals surface area contributed by atoms with Crippen LogP contribution in [0.5, 0.6) is 0 Å². The first-order chi connectivity index (χ1) is 14.5. The summed E-state index contributed by atoms with van der Waals surface area (Å²) in [6.07, 6.45) is 1.41. The summed E-state index contributed by atoms with van der Waals surface area (Å²) in [7, 11) is 0. The van der Waals surface area contributed by atoms with E-state index in [0.29, 0.717) is 22.5 Å². The van der Waals surface area contributed by atoms with Crippen LogP contribution in [0.2, 0.25) is 0 Å². The van der Waals surface area contributed by atoms with E-state index in [1.807, 2.05) is 6.92 Å². The number of hydrogen-bond acceptors (Lipinski definition) is 6. The largest absolute Gasteiger partial charge is 0.459 e. The zero-order valence-corrected chi connectivity index (χ0v) is 15.8. The standard InChI is InChI=1S/C21H16N4O5/c1-12-7-8-14(11-16(12)23-20(27)17-6-3-9-29-17)19(26)22-15-5-2-4-13(10-15)18-24-21(28)30-25-18/h2-11H,1H3,(H,22,26)(H,23,27)(H,24,25,28). The Kier molecular flexibility index (Phi) is 5.00. The average Bonchev–Trinajstić information content (AvgIpc) is 3.42. The molecule has 0 aliphatic carbocycles. The van der Waals surface area contributed by atoms with Crippen LogP contribution in [0.1, 0.15) is 26.5 Å². The molecule has 0 bridgehead atoms. The normalized spacial score (nSPS) is 10.6. The molecular weight excluding hydrogens is 388 g/mol. The van der Waals surface area contributed by atoms with Crippen LogP contribution in [0.4, 0.5) is 11.4 Å².